The maximum absolute atomic E-state index is 5.49. The molecule has 1 aromatic heterocycles. The molecule has 2 heteroatoms. The van der Waals surface area contributed by atoms with Gasteiger partial charge in [0.05, 0.1) is 0 Å². The van der Waals surface area contributed by atoms with Crippen LogP contribution in [0.5, 0.6) is 0 Å². The molecule has 1 heterocycles. The van der Waals surface area contributed by atoms with Crippen molar-refractivity contribution >= 4 is 12.2 Å². The summed E-state index contributed by atoms with van der Waals surface area (Å²) in [7, 11) is 0. The van der Waals surface area contributed by atoms with Gasteiger partial charge in [0.15, 0.2) is 0 Å². The molecule has 0 aliphatic carbocycles. The maximum atomic E-state index is 5.49. The Morgan fingerprint density at radius 2 is 2.42 bits per heavy atom. The molecule has 0 aliphatic heterocycles. The second-order valence-electron chi connectivity index (χ2n) is 2.57. The lowest BCUT2D eigenvalue weighted by Crippen LogP contribution is -1.95. The van der Waals surface area contributed by atoms with E-state index in [0.29, 0.717) is 6.54 Å². The van der Waals surface area contributed by atoms with Crippen LogP contribution in [0, 0.1) is 0 Å². The SMILES string of the molecule is C=Cc1cc(CN)[nH]c1/C=C\C. The lowest BCUT2D eigenvalue weighted by Gasteiger charge is -1.89. The van der Waals surface area contributed by atoms with E-state index < -0.39 is 0 Å². The number of aromatic nitrogens is 1. The molecule has 0 aromatic carbocycles. The van der Waals surface area contributed by atoms with Crippen LogP contribution in [0.3, 0.4) is 0 Å². The molecule has 64 valence electrons. The molecular formula is C10H14N2. The van der Waals surface area contributed by atoms with Crippen molar-refractivity contribution in [3.05, 3.63) is 35.7 Å². The van der Waals surface area contributed by atoms with Gasteiger partial charge in [-0.05, 0) is 24.6 Å². The number of allylic oxidation sites excluding steroid dienone is 1. The highest BCUT2D eigenvalue weighted by Gasteiger charge is 1.99. The van der Waals surface area contributed by atoms with Gasteiger partial charge in [-0.1, -0.05) is 18.7 Å². The van der Waals surface area contributed by atoms with Crippen molar-refractivity contribution in [2.24, 2.45) is 5.73 Å². The van der Waals surface area contributed by atoms with E-state index in [1.165, 1.54) is 0 Å². The highest BCUT2D eigenvalue weighted by atomic mass is 14.8. The fourth-order valence-electron chi connectivity index (χ4n) is 1.13. The van der Waals surface area contributed by atoms with Crippen molar-refractivity contribution in [3.8, 4) is 0 Å². The molecule has 0 unspecified atom stereocenters. The molecule has 0 aliphatic rings. The van der Waals surface area contributed by atoms with Crippen LogP contribution in [0.25, 0.3) is 12.2 Å². The third-order valence-electron chi connectivity index (χ3n) is 1.71. The molecule has 0 fully saturated rings. The van der Waals surface area contributed by atoms with Crippen molar-refractivity contribution in [1.82, 2.24) is 4.98 Å². The number of rotatable bonds is 3. The smallest absolute Gasteiger partial charge is 0.0452 e. The summed E-state index contributed by atoms with van der Waals surface area (Å²) in [5.74, 6) is 0. The zero-order valence-electron chi connectivity index (χ0n) is 7.30. The summed E-state index contributed by atoms with van der Waals surface area (Å²) in [5.41, 5.74) is 8.72. The van der Waals surface area contributed by atoms with Crippen LogP contribution in [-0.2, 0) is 6.54 Å². The van der Waals surface area contributed by atoms with Crippen LogP contribution < -0.4 is 5.73 Å². The fourth-order valence-corrected chi connectivity index (χ4v) is 1.13. The van der Waals surface area contributed by atoms with Gasteiger partial charge in [0, 0.05) is 17.9 Å². The Kier molecular flexibility index (Phi) is 2.88. The van der Waals surface area contributed by atoms with Crippen LogP contribution in [0.1, 0.15) is 23.9 Å². The minimum absolute atomic E-state index is 0.540. The Hall–Kier alpha value is -1.28. The molecule has 2 nitrogen and oxygen atoms in total. The highest BCUT2D eigenvalue weighted by Crippen LogP contribution is 2.13. The number of hydrogen-bond donors (Lipinski definition) is 2. The summed E-state index contributed by atoms with van der Waals surface area (Å²) in [6.45, 7) is 6.25. The molecule has 0 amide bonds. The van der Waals surface area contributed by atoms with E-state index in [9.17, 15) is 0 Å². The molecular weight excluding hydrogens is 148 g/mol. The van der Waals surface area contributed by atoms with Gasteiger partial charge in [0.25, 0.3) is 0 Å². The van der Waals surface area contributed by atoms with E-state index in [1.54, 1.807) is 0 Å². The number of nitrogens with two attached hydrogens (primary N) is 1. The van der Waals surface area contributed by atoms with E-state index in [0.717, 1.165) is 17.0 Å². The molecule has 0 radical (unpaired) electrons. The van der Waals surface area contributed by atoms with Crippen LogP contribution in [0.4, 0.5) is 0 Å². The second kappa shape index (κ2) is 3.93. The van der Waals surface area contributed by atoms with Gasteiger partial charge >= 0.3 is 0 Å². The average molecular weight is 162 g/mol. The summed E-state index contributed by atoms with van der Waals surface area (Å²) in [5, 5.41) is 0. The first-order valence-corrected chi connectivity index (χ1v) is 3.99. The fraction of sp³-hybridized carbons (Fsp3) is 0.200. The lowest BCUT2D eigenvalue weighted by molar-refractivity contribution is 1.01. The summed E-state index contributed by atoms with van der Waals surface area (Å²) in [6, 6.07) is 2.02. The quantitative estimate of drug-likeness (QED) is 0.702. The Morgan fingerprint density at radius 1 is 1.67 bits per heavy atom. The van der Waals surface area contributed by atoms with Crippen molar-refractivity contribution in [1.29, 1.82) is 0 Å². The first kappa shape index (κ1) is 8.81. The number of nitrogens with one attached hydrogen (secondary N) is 1. The van der Waals surface area contributed by atoms with Gasteiger partial charge in [-0.25, -0.2) is 0 Å². The first-order chi connectivity index (χ1) is 5.81. The minimum atomic E-state index is 0.540. The van der Waals surface area contributed by atoms with Crippen molar-refractivity contribution in [2.75, 3.05) is 0 Å². The van der Waals surface area contributed by atoms with Gasteiger partial charge in [-0.2, -0.15) is 0 Å². The average Bonchev–Trinajstić information content (AvgIpc) is 2.48. The van der Waals surface area contributed by atoms with Gasteiger partial charge in [0.1, 0.15) is 0 Å². The normalized spacial score (nSPS) is 10.8. The Labute approximate surface area is 72.8 Å². The minimum Gasteiger partial charge on any atom is -0.357 e. The van der Waals surface area contributed by atoms with Gasteiger partial charge < -0.3 is 10.7 Å². The Morgan fingerprint density at radius 3 is 2.92 bits per heavy atom. The Bertz CT molecular complexity index is 295. The third kappa shape index (κ3) is 1.66. The summed E-state index contributed by atoms with van der Waals surface area (Å²) >= 11 is 0. The molecule has 1 rings (SSSR count). The van der Waals surface area contributed by atoms with Crippen molar-refractivity contribution in [3.63, 3.8) is 0 Å². The van der Waals surface area contributed by atoms with Gasteiger partial charge in [-0.15, -0.1) is 0 Å². The topological polar surface area (TPSA) is 41.8 Å². The first-order valence-electron chi connectivity index (χ1n) is 3.99. The summed E-state index contributed by atoms with van der Waals surface area (Å²) in [6.07, 6.45) is 5.82. The van der Waals surface area contributed by atoms with E-state index in [2.05, 4.69) is 11.6 Å². The van der Waals surface area contributed by atoms with Crippen LogP contribution in [0.2, 0.25) is 0 Å². The largest absolute Gasteiger partial charge is 0.357 e. The van der Waals surface area contributed by atoms with Crippen molar-refractivity contribution in [2.45, 2.75) is 13.5 Å². The molecule has 0 bridgehead atoms. The second-order valence-corrected chi connectivity index (χ2v) is 2.57. The predicted octanol–water partition coefficient (Wildman–Crippen LogP) is 2.15. The van der Waals surface area contributed by atoms with Crippen LogP contribution >= 0.6 is 0 Å². The summed E-state index contributed by atoms with van der Waals surface area (Å²) in [4.78, 5) is 3.20. The zero-order chi connectivity index (χ0) is 8.97. The maximum Gasteiger partial charge on any atom is 0.0452 e. The third-order valence-corrected chi connectivity index (χ3v) is 1.71. The molecule has 0 atom stereocenters. The summed E-state index contributed by atoms with van der Waals surface area (Å²) < 4.78 is 0. The number of hydrogen-bond acceptors (Lipinski definition) is 1. The Balaban J connectivity index is 3.07. The van der Waals surface area contributed by atoms with Crippen LogP contribution in [-0.4, -0.2) is 4.98 Å². The molecule has 1 aromatic rings. The van der Waals surface area contributed by atoms with Crippen LogP contribution in [0.15, 0.2) is 18.7 Å². The lowest BCUT2D eigenvalue weighted by atomic mass is 10.2. The molecule has 0 saturated heterocycles. The monoisotopic (exact) mass is 162 g/mol. The number of H-pyrrole nitrogens is 1. The van der Waals surface area contributed by atoms with Gasteiger partial charge in [-0.3, -0.25) is 0 Å². The van der Waals surface area contributed by atoms with Crippen molar-refractivity contribution < 1.29 is 0 Å². The van der Waals surface area contributed by atoms with E-state index >= 15 is 0 Å². The van der Waals surface area contributed by atoms with E-state index in [1.807, 2.05) is 31.2 Å². The number of aromatic amines is 1. The van der Waals surface area contributed by atoms with Gasteiger partial charge in [0.2, 0.25) is 0 Å². The van der Waals surface area contributed by atoms with E-state index in [4.69, 9.17) is 5.73 Å². The highest BCUT2D eigenvalue weighted by molar-refractivity contribution is 5.62. The molecule has 0 saturated carbocycles. The van der Waals surface area contributed by atoms with E-state index in [-0.39, 0.29) is 0 Å². The molecule has 3 N–H and O–H groups in total. The predicted molar refractivity (Wildman–Crippen MR) is 53.5 cm³/mol. The standard InChI is InChI=1S/C10H14N2/c1-3-5-10-8(4-2)6-9(7-11)12-10/h3-6,12H,2,7,11H2,1H3/b5-3-. The molecule has 12 heavy (non-hydrogen) atoms. The molecule has 0 spiro atoms. The zero-order valence-corrected chi connectivity index (χ0v) is 7.30.